The quantitative estimate of drug-likeness (QED) is 0.797. The molecule has 96 valence electrons. The Morgan fingerprint density at radius 2 is 2.24 bits per heavy atom. The number of aromatic nitrogens is 3. The minimum absolute atomic E-state index is 0.0246. The number of hydrogen-bond acceptors (Lipinski definition) is 5. The topological polar surface area (TPSA) is 103 Å². The number of rotatable bonds is 3. The lowest BCUT2D eigenvalue weighted by Gasteiger charge is -2.17. The third-order valence-electron chi connectivity index (χ3n) is 2.87. The Hall–Kier alpha value is -0.510. The van der Waals surface area contributed by atoms with E-state index in [2.05, 4.69) is 31.0 Å². The monoisotopic (exact) mass is 323 g/mol. The molecule has 1 aliphatic rings. The van der Waals surface area contributed by atoms with E-state index in [-0.39, 0.29) is 21.7 Å². The Kier molecular flexibility index (Phi) is 3.53. The highest BCUT2D eigenvalue weighted by molar-refractivity contribution is 9.10. The van der Waals surface area contributed by atoms with Crippen molar-refractivity contribution in [1.82, 2.24) is 19.7 Å². The molecule has 3 N–H and O–H groups in total. The van der Waals surface area contributed by atoms with Crippen molar-refractivity contribution < 1.29 is 8.42 Å². The van der Waals surface area contributed by atoms with Crippen molar-refractivity contribution in [2.24, 2.45) is 12.8 Å². The van der Waals surface area contributed by atoms with Gasteiger partial charge >= 0.3 is 0 Å². The molecule has 0 bridgehead atoms. The van der Waals surface area contributed by atoms with Crippen LogP contribution in [-0.4, -0.2) is 35.5 Å². The molecule has 1 aliphatic carbocycles. The molecule has 2 atom stereocenters. The van der Waals surface area contributed by atoms with E-state index in [0.29, 0.717) is 0 Å². The molecule has 1 saturated carbocycles. The third-order valence-corrected chi connectivity index (χ3v) is 5.24. The van der Waals surface area contributed by atoms with Gasteiger partial charge in [0.1, 0.15) is 0 Å². The maximum Gasteiger partial charge on any atom is 0.260 e. The van der Waals surface area contributed by atoms with Crippen LogP contribution in [0.3, 0.4) is 0 Å². The van der Waals surface area contributed by atoms with Crippen molar-refractivity contribution in [3.63, 3.8) is 0 Å². The van der Waals surface area contributed by atoms with Crippen molar-refractivity contribution in [2.75, 3.05) is 0 Å². The Bertz CT molecular complexity index is 494. The average molecular weight is 324 g/mol. The highest BCUT2D eigenvalue weighted by atomic mass is 79.9. The Morgan fingerprint density at radius 3 is 2.71 bits per heavy atom. The molecule has 1 aromatic rings. The maximum absolute atomic E-state index is 12.1. The Labute approximate surface area is 108 Å². The zero-order valence-electron chi connectivity index (χ0n) is 9.30. The molecule has 2 rings (SSSR count). The first-order chi connectivity index (χ1) is 7.92. The molecule has 9 heteroatoms. The van der Waals surface area contributed by atoms with Gasteiger partial charge in [0.25, 0.3) is 10.0 Å². The van der Waals surface area contributed by atoms with Crippen LogP contribution in [0.2, 0.25) is 0 Å². The molecule has 0 aromatic carbocycles. The molecule has 2 unspecified atom stereocenters. The van der Waals surface area contributed by atoms with Crippen molar-refractivity contribution in [2.45, 2.75) is 36.4 Å². The number of nitrogens with two attached hydrogens (primary N) is 1. The molecule has 0 radical (unpaired) electrons. The summed E-state index contributed by atoms with van der Waals surface area (Å²) in [6.45, 7) is 0. The van der Waals surface area contributed by atoms with Gasteiger partial charge in [-0.3, -0.25) is 0 Å². The van der Waals surface area contributed by atoms with Crippen molar-refractivity contribution >= 4 is 26.0 Å². The van der Waals surface area contributed by atoms with E-state index < -0.39 is 10.0 Å². The number of nitrogens with zero attached hydrogens (tertiary/aromatic N) is 3. The fraction of sp³-hybridized carbons (Fsp3) is 0.750. The zero-order chi connectivity index (χ0) is 12.6. The first kappa shape index (κ1) is 12.9. The molecule has 7 nitrogen and oxygen atoms in total. The minimum Gasteiger partial charge on any atom is -0.326 e. The molecular weight excluding hydrogens is 310 g/mol. The fourth-order valence-corrected chi connectivity index (χ4v) is 4.41. The molecule has 1 heterocycles. The number of halogens is 1. The highest BCUT2D eigenvalue weighted by Gasteiger charge is 2.31. The molecule has 0 amide bonds. The average Bonchev–Trinajstić information content (AvgIpc) is 2.74. The van der Waals surface area contributed by atoms with Gasteiger partial charge < -0.3 is 5.73 Å². The lowest BCUT2D eigenvalue weighted by molar-refractivity contribution is 0.512. The van der Waals surface area contributed by atoms with Crippen LogP contribution in [0.1, 0.15) is 19.3 Å². The van der Waals surface area contributed by atoms with Crippen molar-refractivity contribution in [3.05, 3.63) is 4.60 Å². The van der Waals surface area contributed by atoms with E-state index in [0.717, 1.165) is 19.3 Å². The smallest absolute Gasteiger partial charge is 0.260 e. The van der Waals surface area contributed by atoms with Crippen LogP contribution in [0.4, 0.5) is 0 Å². The summed E-state index contributed by atoms with van der Waals surface area (Å²) in [6.07, 6.45) is 2.56. The number of hydrogen-bond donors (Lipinski definition) is 2. The molecule has 0 aliphatic heterocycles. The summed E-state index contributed by atoms with van der Waals surface area (Å²) >= 11 is 3.07. The second-order valence-corrected chi connectivity index (χ2v) is 6.51. The predicted molar refractivity (Wildman–Crippen MR) is 64.6 cm³/mol. The van der Waals surface area contributed by atoms with E-state index in [1.807, 2.05) is 0 Å². The van der Waals surface area contributed by atoms with Crippen LogP contribution in [0.15, 0.2) is 9.63 Å². The minimum atomic E-state index is -3.63. The normalized spacial score (nSPS) is 25.4. The van der Waals surface area contributed by atoms with E-state index in [9.17, 15) is 8.42 Å². The lowest BCUT2D eigenvalue weighted by Crippen LogP contribution is -2.44. The zero-order valence-corrected chi connectivity index (χ0v) is 11.7. The van der Waals surface area contributed by atoms with Gasteiger partial charge in [-0.1, -0.05) is 11.6 Å². The van der Waals surface area contributed by atoms with Crippen LogP contribution in [-0.2, 0) is 17.1 Å². The van der Waals surface area contributed by atoms with Gasteiger partial charge in [0.05, 0.1) is 0 Å². The second-order valence-electron chi connectivity index (χ2n) is 4.13. The molecule has 1 aromatic heterocycles. The Morgan fingerprint density at radius 1 is 1.53 bits per heavy atom. The van der Waals surface area contributed by atoms with Gasteiger partial charge in [-0.25, -0.2) is 17.8 Å². The van der Waals surface area contributed by atoms with Crippen LogP contribution < -0.4 is 10.5 Å². The Balaban J connectivity index is 2.25. The van der Waals surface area contributed by atoms with E-state index >= 15 is 0 Å². The number of aryl methyl sites for hydroxylation is 1. The van der Waals surface area contributed by atoms with Crippen LogP contribution in [0.25, 0.3) is 0 Å². The lowest BCUT2D eigenvalue weighted by atomic mass is 10.2. The highest BCUT2D eigenvalue weighted by Crippen LogP contribution is 2.22. The third kappa shape index (κ3) is 2.51. The van der Waals surface area contributed by atoms with Gasteiger partial charge in [0.15, 0.2) is 4.60 Å². The van der Waals surface area contributed by atoms with Gasteiger partial charge in [-0.15, -0.1) is 5.10 Å². The second kappa shape index (κ2) is 4.63. The van der Waals surface area contributed by atoms with Crippen molar-refractivity contribution in [3.8, 4) is 0 Å². The molecule has 1 fully saturated rings. The van der Waals surface area contributed by atoms with Crippen LogP contribution >= 0.6 is 15.9 Å². The molecular formula is C8H14BrN5O2S. The van der Waals surface area contributed by atoms with Gasteiger partial charge in [0, 0.05) is 19.1 Å². The number of nitrogens with one attached hydrogen (secondary N) is 1. The van der Waals surface area contributed by atoms with Gasteiger partial charge in [0.2, 0.25) is 5.03 Å². The summed E-state index contributed by atoms with van der Waals surface area (Å²) < 4.78 is 28.3. The summed E-state index contributed by atoms with van der Waals surface area (Å²) in [5.74, 6) is 0. The largest absolute Gasteiger partial charge is 0.326 e. The van der Waals surface area contributed by atoms with E-state index in [1.165, 1.54) is 11.7 Å². The fourth-order valence-electron chi connectivity index (χ4n) is 2.00. The van der Waals surface area contributed by atoms with Crippen LogP contribution in [0, 0.1) is 0 Å². The first-order valence-electron chi connectivity index (χ1n) is 5.25. The summed E-state index contributed by atoms with van der Waals surface area (Å²) in [6, 6.07) is -0.327. The van der Waals surface area contributed by atoms with Crippen LogP contribution in [0.5, 0.6) is 0 Å². The summed E-state index contributed by atoms with van der Waals surface area (Å²) in [4.78, 5) is 0. The van der Waals surface area contributed by atoms with Gasteiger partial charge in [-0.2, -0.15) is 0 Å². The summed E-state index contributed by atoms with van der Waals surface area (Å²) in [7, 11) is -2.10. The van der Waals surface area contributed by atoms with Crippen molar-refractivity contribution in [1.29, 1.82) is 0 Å². The summed E-state index contributed by atoms with van der Waals surface area (Å²) in [5, 5.41) is 7.33. The first-order valence-corrected chi connectivity index (χ1v) is 7.52. The maximum atomic E-state index is 12.1. The summed E-state index contributed by atoms with van der Waals surface area (Å²) in [5.41, 5.74) is 5.84. The van der Waals surface area contributed by atoms with E-state index in [4.69, 9.17) is 5.73 Å². The number of sulfonamides is 1. The standard InChI is InChI=1S/C8H14BrN5O2S/c1-14-8(7(9)11-13-14)17(15,16)12-6-4-2-3-5(6)10/h5-6,12H,2-4,10H2,1H3. The van der Waals surface area contributed by atoms with Gasteiger partial charge in [-0.05, 0) is 28.8 Å². The van der Waals surface area contributed by atoms with E-state index in [1.54, 1.807) is 0 Å². The SMILES string of the molecule is Cn1nnc(Br)c1S(=O)(=O)NC1CCCC1N. The molecule has 17 heavy (non-hydrogen) atoms. The molecule has 0 saturated heterocycles. The molecule has 0 spiro atoms. The predicted octanol–water partition coefficient (Wildman–Crippen LogP) is -0.264.